The lowest BCUT2D eigenvalue weighted by atomic mass is 9.78. The molecule has 6 bridgehead atoms. The number of halogens is 5. The Labute approximate surface area is 420 Å². The highest BCUT2D eigenvalue weighted by Crippen LogP contribution is 2.39. The van der Waals surface area contributed by atoms with Crippen LogP contribution in [0.3, 0.4) is 0 Å². The Morgan fingerprint density at radius 2 is 0.838 bits per heavy atom. The van der Waals surface area contributed by atoms with Gasteiger partial charge in [-0.25, -0.2) is 44.7 Å². The Morgan fingerprint density at radius 3 is 1.19 bits per heavy atom. The van der Waals surface area contributed by atoms with E-state index in [0.29, 0.717) is 96.0 Å². The Balaban J connectivity index is 0.000000131. The SMILES string of the molecule is Clc1cc(Cl)ncn1.Clc1cc(OC2C3CCCC2COC3)ncn1.Clc1cc(OC2C3CCCC2COC3)ncn1.[C-]#[N+]c1ccc(Nc2cc(OC3C4CCCC3COC4)ncn2)c(Cl)c1. The number of hydrogen-bond acceptors (Lipinski definition) is 15. The van der Waals surface area contributed by atoms with Crippen LogP contribution in [0.5, 0.6) is 17.6 Å². The van der Waals surface area contributed by atoms with Gasteiger partial charge in [0.15, 0.2) is 5.69 Å². The van der Waals surface area contributed by atoms with Gasteiger partial charge in [0.2, 0.25) is 17.6 Å². The van der Waals surface area contributed by atoms with Gasteiger partial charge in [0, 0.05) is 59.8 Å². The number of rotatable bonds is 8. The van der Waals surface area contributed by atoms with Crippen molar-refractivity contribution in [2.24, 2.45) is 35.5 Å². The lowest BCUT2D eigenvalue weighted by Gasteiger charge is -2.41. The highest BCUT2D eigenvalue weighted by molar-refractivity contribution is 6.34. The minimum atomic E-state index is 0.154. The van der Waals surface area contributed by atoms with Crippen LogP contribution in [-0.4, -0.2) is 97.8 Å². The Morgan fingerprint density at radius 1 is 0.471 bits per heavy atom. The minimum Gasteiger partial charge on any atom is -0.473 e. The molecule has 0 spiro atoms. The molecule has 0 radical (unpaired) electrons. The molecule has 5 aromatic rings. The molecule has 6 atom stereocenters. The first kappa shape index (κ1) is 50.0. The van der Waals surface area contributed by atoms with E-state index < -0.39 is 0 Å². The quantitative estimate of drug-likeness (QED) is 0.115. The second-order valence-electron chi connectivity index (χ2n) is 17.4. The molecular weight excluding hydrogens is 978 g/mol. The zero-order valence-electron chi connectivity index (χ0n) is 37.0. The maximum absolute atomic E-state index is 7.04. The summed E-state index contributed by atoms with van der Waals surface area (Å²) in [5, 5.41) is 5.21. The average molecular weight is 1030 g/mol. The lowest BCUT2D eigenvalue weighted by Crippen LogP contribution is -2.46. The summed E-state index contributed by atoms with van der Waals surface area (Å²) in [6.45, 7) is 11.8. The first-order valence-corrected chi connectivity index (χ1v) is 24.6. The van der Waals surface area contributed by atoms with Gasteiger partial charge in [-0.05, 0) is 50.7 Å². The smallest absolute Gasteiger partial charge is 0.218 e. The summed E-state index contributed by atoms with van der Waals surface area (Å²) >= 11 is 28.7. The number of hydrogen-bond donors (Lipinski definition) is 1. The van der Waals surface area contributed by atoms with Crippen LogP contribution >= 0.6 is 58.0 Å². The normalized spacial score (nSPS) is 26.6. The highest BCUT2D eigenvalue weighted by atomic mass is 35.5. The molecule has 21 heteroatoms. The van der Waals surface area contributed by atoms with Crippen LogP contribution < -0.4 is 19.5 Å². The monoisotopic (exact) mass is 1030 g/mol. The summed E-state index contributed by atoms with van der Waals surface area (Å²) in [6.07, 6.45) is 17.1. The Kier molecular flexibility index (Phi) is 18.3. The van der Waals surface area contributed by atoms with Crippen molar-refractivity contribution in [3.8, 4) is 17.6 Å². The van der Waals surface area contributed by atoms with Gasteiger partial charge in [0.25, 0.3) is 0 Å². The van der Waals surface area contributed by atoms with Crippen LogP contribution in [0.1, 0.15) is 57.8 Å². The summed E-state index contributed by atoms with van der Waals surface area (Å²) in [6, 6.07) is 11.7. The zero-order valence-corrected chi connectivity index (χ0v) is 40.8. The van der Waals surface area contributed by atoms with Crippen LogP contribution in [-0.2, 0) is 14.2 Å². The van der Waals surface area contributed by atoms with Gasteiger partial charge in [0.1, 0.15) is 70.1 Å². The molecule has 360 valence electrons. The summed E-state index contributed by atoms with van der Waals surface area (Å²) in [7, 11) is 0. The van der Waals surface area contributed by atoms with Crippen molar-refractivity contribution in [2.75, 3.05) is 45.0 Å². The molecule has 6 unspecified atom stereocenters. The molecule has 3 aliphatic carbocycles. The Bertz CT molecular complexity index is 2300. The number of ether oxygens (including phenoxy) is 6. The molecule has 6 aliphatic rings. The topological polar surface area (TPSA) is 175 Å². The van der Waals surface area contributed by atoms with Gasteiger partial charge in [0.05, 0.1) is 56.9 Å². The molecule has 68 heavy (non-hydrogen) atoms. The molecule has 0 amide bonds. The first-order chi connectivity index (χ1) is 33.2. The van der Waals surface area contributed by atoms with Gasteiger partial charge in [-0.1, -0.05) is 83.3 Å². The van der Waals surface area contributed by atoms with Crippen LogP contribution in [0.15, 0.2) is 67.8 Å². The molecule has 1 N–H and O–H groups in total. The third kappa shape index (κ3) is 14.1. The third-order valence-corrected chi connectivity index (χ3v) is 13.9. The number of nitrogens with zero attached hydrogens (tertiary/aromatic N) is 9. The maximum Gasteiger partial charge on any atom is 0.218 e. The molecule has 16 nitrogen and oxygen atoms in total. The number of anilines is 2. The molecule has 3 saturated heterocycles. The van der Waals surface area contributed by atoms with Crippen molar-refractivity contribution in [2.45, 2.75) is 76.1 Å². The third-order valence-electron chi connectivity index (χ3n) is 12.8. The number of aromatic nitrogens is 8. The fourth-order valence-corrected chi connectivity index (χ4v) is 10.5. The van der Waals surface area contributed by atoms with E-state index in [1.807, 2.05) is 0 Å². The van der Waals surface area contributed by atoms with E-state index in [1.54, 1.807) is 36.4 Å². The minimum absolute atomic E-state index is 0.154. The summed E-state index contributed by atoms with van der Waals surface area (Å²) in [5.74, 6) is 5.17. The van der Waals surface area contributed by atoms with E-state index in [0.717, 1.165) is 52.5 Å². The molecule has 7 heterocycles. The van der Waals surface area contributed by atoms with Crippen molar-refractivity contribution >= 4 is 75.2 Å². The molecule has 3 aliphatic heterocycles. The number of nitrogens with one attached hydrogen (secondary N) is 1. The summed E-state index contributed by atoms with van der Waals surface area (Å²) in [5.41, 5.74) is 1.19. The maximum atomic E-state index is 7.04. The fourth-order valence-electron chi connectivity index (χ4n) is 9.60. The molecule has 6 fully saturated rings. The molecular formula is C47H51Cl5N10O6. The van der Waals surface area contributed by atoms with Gasteiger partial charge in [-0.3, -0.25) is 0 Å². The van der Waals surface area contributed by atoms with E-state index in [2.05, 4.69) is 50.0 Å². The standard InChI is InChI=1S/C19H19ClN4O2.2C12H15ClN2O2.C4H2Cl2N2/c1-21-14-5-6-16(15(20)7-14)24-17-8-18(23-11-22-17)26-19-12-3-2-4-13(19)10-25-9-12;2*13-10-4-11(15-7-14-10)17-12-8-2-1-3-9(12)6-16-5-8;5-3-1-4(6)8-2-7-3/h5-8,11-13,19H,2-4,9-10H2,(H,22,23,24);2*4,7-9,12H,1-3,5-6H2;1-2H. The van der Waals surface area contributed by atoms with Crippen molar-refractivity contribution in [3.05, 3.63) is 105 Å². The molecule has 1 aromatic carbocycles. The zero-order chi connectivity index (χ0) is 47.2. The van der Waals surface area contributed by atoms with Crippen LogP contribution in [0.4, 0.5) is 17.2 Å². The van der Waals surface area contributed by atoms with E-state index >= 15 is 0 Å². The summed E-state index contributed by atoms with van der Waals surface area (Å²) < 4.78 is 35.1. The first-order valence-electron chi connectivity index (χ1n) is 22.7. The highest BCUT2D eigenvalue weighted by Gasteiger charge is 2.41. The molecule has 4 aromatic heterocycles. The van der Waals surface area contributed by atoms with Gasteiger partial charge in [-0.15, -0.1) is 0 Å². The number of benzene rings is 1. The fraction of sp³-hybridized carbons (Fsp3) is 0.511. The van der Waals surface area contributed by atoms with Gasteiger partial charge in [-0.2, -0.15) is 0 Å². The predicted molar refractivity (Wildman–Crippen MR) is 257 cm³/mol. The second kappa shape index (κ2) is 24.9. The second-order valence-corrected chi connectivity index (χ2v) is 19.3. The van der Waals surface area contributed by atoms with Crippen molar-refractivity contribution < 1.29 is 28.4 Å². The largest absolute Gasteiger partial charge is 0.473 e. The van der Waals surface area contributed by atoms with E-state index in [4.69, 9.17) is 93.0 Å². The molecule has 3 saturated carbocycles. The molecule has 11 rings (SSSR count). The van der Waals surface area contributed by atoms with E-state index in [-0.39, 0.29) is 18.3 Å². The van der Waals surface area contributed by atoms with E-state index in [1.165, 1.54) is 76.3 Å². The van der Waals surface area contributed by atoms with Crippen LogP contribution in [0, 0.1) is 42.1 Å². The Hall–Kier alpha value is -4.44. The van der Waals surface area contributed by atoms with Gasteiger partial charge < -0.3 is 33.7 Å². The van der Waals surface area contributed by atoms with Crippen molar-refractivity contribution in [1.82, 2.24) is 39.9 Å². The number of fused-ring (bicyclic) bond motifs is 6. The predicted octanol–water partition coefficient (Wildman–Crippen LogP) is 11.0. The lowest BCUT2D eigenvalue weighted by molar-refractivity contribution is -0.0919. The van der Waals surface area contributed by atoms with Crippen molar-refractivity contribution in [1.29, 1.82) is 0 Å². The van der Waals surface area contributed by atoms with Crippen LogP contribution in [0.25, 0.3) is 4.85 Å². The summed E-state index contributed by atoms with van der Waals surface area (Å²) in [4.78, 5) is 35.0. The van der Waals surface area contributed by atoms with Crippen LogP contribution in [0.2, 0.25) is 25.6 Å². The van der Waals surface area contributed by atoms with Crippen molar-refractivity contribution in [3.63, 3.8) is 0 Å². The van der Waals surface area contributed by atoms with E-state index in [9.17, 15) is 0 Å². The average Bonchev–Trinajstić information content (AvgIpc) is 3.30. The van der Waals surface area contributed by atoms with Gasteiger partial charge >= 0.3 is 0 Å².